The average Bonchev–Trinajstić information content (AvgIpc) is 2.73. The van der Waals surface area contributed by atoms with Crippen molar-refractivity contribution in [1.82, 2.24) is 20.1 Å². The van der Waals surface area contributed by atoms with E-state index in [1.807, 2.05) is 12.4 Å². The van der Waals surface area contributed by atoms with E-state index in [1.165, 1.54) is 5.56 Å². The maximum absolute atomic E-state index is 12.8. The summed E-state index contributed by atoms with van der Waals surface area (Å²) < 4.78 is 5.01. The second-order valence-corrected chi connectivity index (χ2v) is 8.68. The first-order chi connectivity index (χ1) is 14.2. The number of likely N-dealkylation sites (tertiary alicyclic amines) is 1. The number of hydrogen-bond acceptors (Lipinski definition) is 5. The number of aromatic nitrogens is 1. The molecule has 3 aliphatic rings. The highest BCUT2D eigenvalue weighted by Crippen LogP contribution is 2.41. The van der Waals surface area contributed by atoms with E-state index < -0.39 is 0 Å². The van der Waals surface area contributed by atoms with Crippen molar-refractivity contribution in [1.29, 1.82) is 0 Å². The molecule has 0 saturated carbocycles. The van der Waals surface area contributed by atoms with Crippen molar-refractivity contribution < 1.29 is 14.3 Å². The summed E-state index contributed by atoms with van der Waals surface area (Å²) in [5, 5.41) is 3.07. The SMILES string of the molecule is COCCC(=O)NC[C@H]1[C@H]2C[C@H](CN(Cc3ccncc3)C2)[C@@H]2CCCC(=O)N21. The standard InChI is InChI=1S/C22H32N4O3/c1-29-10-7-21(27)24-12-20-18-11-17(19-3-2-4-22(28)26(19)20)14-25(15-18)13-16-5-8-23-9-6-16/h5-6,8-9,17-20H,2-4,7,10-15H2,1H3,(H,24,27)/t17-,18+,19+,20+/m1/s1. The first kappa shape index (κ1) is 20.3. The Bertz CT molecular complexity index is 713. The molecule has 4 atom stereocenters. The van der Waals surface area contributed by atoms with Gasteiger partial charge in [0.15, 0.2) is 0 Å². The first-order valence-corrected chi connectivity index (χ1v) is 10.8. The lowest BCUT2D eigenvalue weighted by Crippen LogP contribution is -2.67. The molecule has 1 aromatic rings. The van der Waals surface area contributed by atoms with E-state index in [1.54, 1.807) is 7.11 Å². The minimum atomic E-state index is -0.000525. The molecule has 29 heavy (non-hydrogen) atoms. The van der Waals surface area contributed by atoms with E-state index >= 15 is 0 Å². The van der Waals surface area contributed by atoms with E-state index in [0.717, 1.165) is 38.9 Å². The van der Waals surface area contributed by atoms with Gasteiger partial charge in [-0.1, -0.05) is 0 Å². The summed E-state index contributed by atoms with van der Waals surface area (Å²) in [5.74, 6) is 1.20. The van der Waals surface area contributed by atoms with Crippen molar-refractivity contribution in [2.75, 3.05) is 33.4 Å². The lowest BCUT2D eigenvalue weighted by molar-refractivity contribution is -0.153. The van der Waals surface area contributed by atoms with Crippen LogP contribution in [0.3, 0.4) is 0 Å². The van der Waals surface area contributed by atoms with Gasteiger partial charge in [0, 0.05) is 64.6 Å². The molecule has 1 N–H and O–H groups in total. The molecule has 4 heterocycles. The number of pyridine rings is 1. The summed E-state index contributed by atoms with van der Waals surface area (Å²) >= 11 is 0. The molecule has 2 bridgehead atoms. The monoisotopic (exact) mass is 400 g/mol. The minimum absolute atomic E-state index is 0.000525. The van der Waals surface area contributed by atoms with E-state index in [-0.39, 0.29) is 17.9 Å². The zero-order valence-electron chi connectivity index (χ0n) is 17.3. The van der Waals surface area contributed by atoms with E-state index in [0.29, 0.717) is 43.9 Å². The maximum Gasteiger partial charge on any atom is 0.223 e. The number of fused-ring (bicyclic) bond motifs is 4. The molecular weight excluding hydrogens is 368 g/mol. The Morgan fingerprint density at radius 3 is 2.86 bits per heavy atom. The Balaban J connectivity index is 1.47. The zero-order chi connectivity index (χ0) is 20.2. The van der Waals surface area contributed by atoms with Crippen molar-refractivity contribution in [3.05, 3.63) is 30.1 Å². The first-order valence-electron chi connectivity index (χ1n) is 10.8. The van der Waals surface area contributed by atoms with E-state index in [9.17, 15) is 9.59 Å². The van der Waals surface area contributed by atoms with Gasteiger partial charge >= 0.3 is 0 Å². The third-order valence-corrected chi connectivity index (χ3v) is 6.77. The lowest BCUT2D eigenvalue weighted by atomic mass is 9.72. The minimum Gasteiger partial charge on any atom is -0.384 e. The van der Waals surface area contributed by atoms with Gasteiger partial charge in [-0.25, -0.2) is 0 Å². The molecule has 0 aromatic carbocycles. The summed E-state index contributed by atoms with van der Waals surface area (Å²) in [5.41, 5.74) is 1.28. The summed E-state index contributed by atoms with van der Waals surface area (Å²) in [6.07, 6.45) is 7.92. The molecule has 0 radical (unpaired) electrons. The normalized spacial score (nSPS) is 29.4. The number of piperidine rings is 3. The largest absolute Gasteiger partial charge is 0.384 e. The number of amides is 2. The molecule has 7 heteroatoms. The fourth-order valence-electron chi connectivity index (χ4n) is 5.51. The van der Waals surface area contributed by atoms with Crippen LogP contribution in [0.15, 0.2) is 24.5 Å². The van der Waals surface area contributed by atoms with Gasteiger partial charge in [0.25, 0.3) is 0 Å². The van der Waals surface area contributed by atoms with Crippen LogP contribution in [-0.2, 0) is 20.9 Å². The summed E-state index contributed by atoms with van der Waals surface area (Å²) in [4.78, 5) is 33.8. The van der Waals surface area contributed by atoms with Crippen LogP contribution < -0.4 is 5.32 Å². The number of methoxy groups -OCH3 is 1. The quantitative estimate of drug-likeness (QED) is 0.750. The summed E-state index contributed by atoms with van der Waals surface area (Å²) in [6.45, 7) is 3.90. The number of nitrogens with zero attached hydrogens (tertiary/aromatic N) is 3. The van der Waals surface area contributed by atoms with Crippen LogP contribution in [0.25, 0.3) is 0 Å². The van der Waals surface area contributed by atoms with Crippen LogP contribution in [0.1, 0.15) is 37.7 Å². The van der Waals surface area contributed by atoms with Crippen LogP contribution in [0.4, 0.5) is 0 Å². The number of ether oxygens (including phenoxy) is 1. The van der Waals surface area contributed by atoms with Crippen LogP contribution in [0.5, 0.6) is 0 Å². The zero-order valence-corrected chi connectivity index (χ0v) is 17.3. The van der Waals surface area contributed by atoms with Crippen molar-refractivity contribution in [3.8, 4) is 0 Å². The fraction of sp³-hybridized carbons (Fsp3) is 0.682. The molecule has 0 spiro atoms. The fourth-order valence-corrected chi connectivity index (χ4v) is 5.51. The van der Waals surface area contributed by atoms with Gasteiger partial charge in [0.2, 0.25) is 11.8 Å². The van der Waals surface area contributed by atoms with Gasteiger partial charge in [0.05, 0.1) is 12.6 Å². The van der Waals surface area contributed by atoms with Crippen LogP contribution in [-0.4, -0.2) is 72.0 Å². The molecule has 158 valence electrons. The van der Waals surface area contributed by atoms with Crippen LogP contribution in [0.2, 0.25) is 0 Å². The average molecular weight is 401 g/mol. The maximum atomic E-state index is 12.8. The third-order valence-electron chi connectivity index (χ3n) is 6.77. The summed E-state index contributed by atoms with van der Waals surface area (Å²) in [7, 11) is 1.60. The molecule has 4 rings (SSSR count). The molecule has 3 saturated heterocycles. The van der Waals surface area contributed by atoms with Crippen molar-refractivity contribution in [2.45, 2.75) is 50.7 Å². The Labute approximate surface area is 172 Å². The predicted molar refractivity (Wildman–Crippen MR) is 109 cm³/mol. The number of hydrogen-bond donors (Lipinski definition) is 1. The Hall–Kier alpha value is -1.99. The highest BCUT2D eigenvalue weighted by atomic mass is 16.5. The van der Waals surface area contributed by atoms with Crippen molar-refractivity contribution in [2.24, 2.45) is 11.8 Å². The third kappa shape index (κ3) is 4.61. The lowest BCUT2D eigenvalue weighted by Gasteiger charge is -2.56. The summed E-state index contributed by atoms with van der Waals surface area (Å²) in [6, 6.07) is 4.56. The van der Waals surface area contributed by atoms with Gasteiger partial charge < -0.3 is 15.0 Å². The Morgan fingerprint density at radius 1 is 1.28 bits per heavy atom. The molecule has 1 aromatic heterocycles. The van der Waals surface area contributed by atoms with E-state index in [4.69, 9.17) is 4.74 Å². The molecule has 0 aliphatic carbocycles. The molecule has 7 nitrogen and oxygen atoms in total. The van der Waals surface area contributed by atoms with Gasteiger partial charge in [-0.15, -0.1) is 0 Å². The van der Waals surface area contributed by atoms with E-state index in [2.05, 4.69) is 32.2 Å². The van der Waals surface area contributed by atoms with Gasteiger partial charge in [-0.2, -0.15) is 0 Å². The predicted octanol–water partition coefficient (Wildman–Crippen LogP) is 1.44. The van der Waals surface area contributed by atoms with Crippen LogP contribution in [0, 0.1) is 11.8 Å². The molecule has 0 unspecified atom stereocenters. The van der Waals surface area contributed by atoms with Gasteiger partial charge in [-0.3, -0.25) is 19.5 Å². The second-order valence-electron chi connectivity index (χ2n) is 8.68. The number of carbonyl (C=O) groups is 2. The number of nitrogens with one attached hydrogen (secondary N) is 1. The van der Waals surface area contributed by atoms with Crippen molar-refractivity contribution >= 4 is 11.8 Å². The molecule has 2 amide bonds. The van der Waals surface area contributed by atoms with Gasteiger partial charge in [0.1, 0.15) is 0 Å². The Morgan fingerprint density at radius 2 is 2.07 bits per heavy atom. The molecule has 3 aliphatic heterocycles. The molecule has 3 fully saturated rings. The highest BCUT2D eigenvalue weighted by molar-refractivity contribution is 5.78. The number of rotatable bonds is 7. The molecular formula is C22H32N4O3. The van der Waals surface area contributed by atoms with Gasteiger partial charge in [-0.05, 0) is 48.8 Å². The Kier molecular flexibility index (Phi) is 6.45. The second kappa shape index (κ2) is 9.22. The smallest absolute Gasteiger partial charge is 0.223 e. The topological polar surface area (TPSA) is 74.8 Å². The van der Waals surface area contributed by atoms with Crippen molar-refractivity contribution in [3.63, 3.8) is 0 Å². The number of carbonyl (C=O) groups excluding carboxylic acids is 2. The highest BCUT2D eigenvalue weighted by Gasteiger charge is 2.49. The van der Waals surface area contributed by atoms with Crippen LogP contribution >= 0.6 is 0 Å².